The molecule has 3 aromatic carbocycles. The van der Waals surface area contributed by atoms with Gasteiger partial charge in [0, 0.05) is 26.2 Å². The molecule has 37 heavy (non-hydrogen) atoms. The smallest absolute Gasteiger partial charge is 0.416 e. The molecule has 1 N–H and O–H groups in total. The second-order valence-corrected chi connectivity index (χ2v) is 9.81. The zero-order chi connectivity index (χ0) is 25.9. The van der Waals surface area contributed by atoms with Crippen LogP contribution in [0.5, 0.6) is 5.75 Å². The van der Waals surface area contributed by atoms with E-state index in [1.165, 1.54) is 12.1 Å². The number of piperazine rings is 1. The van der Waals surface area contributed by atoms with Crippen molar-refractivity contribution in [3.63, 3.8) is 0 Å². The van der Waals surface area contributed by atoms with Crippen molar-refractivity contribution in [2.75, 3.05) is 42.9 Å². The molecule has 3 aromatic rings. The van der Waals surface area contributed by atoms with Gasteiger partial charge in [0.05, 0.1) is 34.5 Å². The third kappa shape index (κ3) is 6.28. The predicted octanol–water partition coefficient (Wildman–Crippen LogP) is 4.90. The van der Waals surface area contributed by atoms with Gasteiger partial charge in [0.1, 0.15) is 5.75 Å². The zero-order valence-corrected chi connectivity index (χ0v) is 21.4. The highest BCUT2D eigenvalue weighted by Gasteiger charge is 2.32. The second-order valence-electron chi connectivity index (χ2n) is 8.13. The highest BCUT2D eigenvalue weighted by atomic mass is 35.5. The number of rotatable bonds is 6. The first-order valence-electron chi connectivity index (χ1n) is 11.1. The Labute approximate surface area is 219 Å². The Kier molecular flexibility index (Phi) is 8.60. The first-order chi connectivity index (χ1) is 17.1. The number of para-hydroxylation sites is 3. The van der Waals surface area contributed by atoms with Gasteiger partial charge in [0.25, 0.3) is 15.9 Å². The van der Waals surface area contributed by atoms with E-state index in [4.69, 9.17) is 4.74 Å². The van der Waals surface area contributed by atoms with E-state index >= 15 is 0 Å². The van der Waals surface area contributed by atoms with E-state index in [9.17, 15) is 26.4 Å². The van der Waals surface area contributed by atoms with Crippen molar-refractivity contribution >= 4 is 39.7 Å². The van der Waals surface area contributed by atoms with Gasteiger partial charge in [-0.05, 0) is 42.5 Å². The van der Waals surface area contributed by atoms with Crippen LogP contribution in [0.2, 0.25) is 0 Å². The molecule has 0 spiro atoms. The minimum atomic E-state index is -4.69. The Balaban J connectivity index is 0.00000380. The van der Waals surface area contributed by atoms with Gasteiger partial charge >= 0.3 is 6.18 Å². The van der Waals surface area contributed by atoms with Crippen LogP contribution >= 0.6 is 12.4 Å². The molecule has 0 atom stereocenters. The summed E-state index contributed by atoms with van der Waals surface area (Å²) in [6, 6.07) is 17.1. The lowest BCUT2D eigenvalue weighted by Gasteiger charge is -2.36. The molecule has 1 amide bonds. The molecule has 4 rings (SSSR count). The van der Waals surface area contributed by atoms with Crippen molar-refractivity contribution in [3.8, 4) is 5.75 Å². The van der Waals surface area contributed by atoms with Crippen LogP contribution in [0.4, 0.5) is 24.5 Å². The summed E-state index contributed by atoms with van der Waals surface area (Å²) in [6.07, 6.45) is -4.69. The number of alkyl halides is 3. The van der Waals surface area contributed by atoms with Crippen molar-refractivity contribution in [1.82, 2.24) is 4.90 Å². The van der Waals surface area contributed by atoms with E-state index in [0.29, 0.717) is 32.2 Å². The fraction of sp³-hybridized carbons (Fsp3) is 0.240. The summed E-state index contributed by atoms with van der Waals surface area (Å²) < 4.78 is 72.6. The average molecular weight is 556 g/mol. The summed E-state index contributed by atoms with van der Waals surface area (Å²) in [6.45, 7) is 1.88. The van der Waals surface area contributed by atoms with Crippen molar-refractivity contribution in [1.29, 1.82) is 0 Å². The molecular formula is C25H25ClF3N3O4S. The van der Waals surface area contributed by atoms with Gasteiger partial charge in [-0.25, -0.2) is 8.42 Å². The summed E-state index contributed by atoms with van der Waals surface area (Å²) in [7, 11) is -2.79. The number of sulfonamides is 1. The topological polar surface area (TPSA) is 79.0 Å². The number of amides is 1. The van der Waals surface area contributed by atoms with Gasteiger partial charge < -0.3 is 14.5 Å². The van der Waals surface area contributed by atoms with Crippen molar-refractivity contribution < 1.29 is 31.1 Å². The number of nitrogens with one attached hydrogen (secondary N) is 1. The van der Waals surface area contributed by atoms with Gasteiger partial charge in [-0.1, -0.05) is 30.3 Å². The van der Waals surface area contributed by atoms with Gasteiger partial charge in [-0.2, -0.15) is 13.2 Å². The Hall–Kier alpha value is -3.44. The van der Waals surface area contributed by atoms with Crippen LogP contribution < -0.4 is 14.4 Å². The number of nitrogens with zero attached hydrogens (tertiary/aromatic N) is 2. The third-order valence-corrected chi connectivity index (χ3v) is 7.23. The molecule has 1 fully saturated rings. The van der Waals surface area contributed by atoms with Gasteiger partial charge in [0.15, 0.2) is 0 Å². The van der Waals surface area contributed by atoms with Crippen molar-refractivity contribution in [3.05, 3.63) is 83.9 Å². The van der Waals surface area contributed by atoms with E-state index in [0.717, 1.165) is 29.6 Å². The standard InChI is InChI=1S/C25H24F3N3O4S.ClH/c1-35-23-12-5-4-11-22(23)30-13-15-31(16-14-30)24(32)20-9-2-3-10-21(20)29-36(33,34)19-8-6-7-18(17-19)25(26,27)28;/h2-12,17,29H,13-16H2,1H3;1H. The van der Waals surface area contributed by atoms with Crippen LogP contribution in [0.15, 0.2) is 77.7 Å². The van der Waals surface area contributed by atoms with E-state index in [2.05, 4.69) is 9.62 Å². The minimum Gasteiger partial charge on any atom is -0.495 e. The normalized spacial score (nSPS) is 14.1. The SMILES string of the molecule is COc1ccccc1N1CCN(C(=O)c2ccccc2NS(=O)(=O)c2cccc(C(F)(F)F)c2)CC1.Cl. The molecule has 1 saturated heterocycles. The zero-order valence-electron chi connectivity index (χ0n) is 19.7. The van der Waals surface area contributed by atoms with Crippen LogP contribution in [0.1, 0.15) is 15.9 Å². The molecule has 0 aromatic heterocycles. The third-order valence-electron chi connectivity index (χ3n) is 5.87. The summed E-state index contributed by atoms with van der Waals surface area (Å²) in [5.41, 5.74) is -0.0603. The summed E-state index contributed by atoms with van der Waals surface area (Å²) >= 11 is 0. The van der Waals surface area contributed by atoms with E-state index in [-0.39, 0.29) is 29.6 Å². The molecule has 1 heterocycles. The summed E-state index contributed by atoms with van der Waals surface area (Å²) in [5, 5.41) is 0. The number of halogens is 4. The van der Waals surface area contributed by atoms with Crippen molar-refractivity contribution in [2.45, 2.75) is 11.1 Å². The first kappa shape index (κ1) is 28.1. The number of methoxy groups -OCH3 is 1. The highest BCUT2D eigenvalue weighted by Crippen LogP contribution is 2.32. The number of hydrogen-bond donors (Lipinski definition) is 1. The maximum absolute atomic E-state index is 13.3. The molecule has 1 aliphatic heterocycles. The van der Waals surface area contributed by atoms with Crippen molar-refractivity contribution in [2.24, 2.45) is 0 Å². The molecule has 0 saturated carbocycles. The number of hydrogen-bond acceptors (Lipinski definition) is 5. The fourth-order valence-corrected chi connectivity index (χ4v) is 5.14. The Morgan fingerprint density at radius 3 is 2.24 bits per heavy atom. The highest BCUT2D eigenvalue weighted by molar-refractivity contribution is 7.92. The monoisotopic (exact) mass is 555 g/mol. The molecule has 1 aliphatic rings. The van der Waals surface area contributed by atoms with E-state index < -0.39 is 26.7 Å². The number of anilines is 2. The number of benzene rings is 3. The number of carbonyl (C=O) groups is 1. The average Bonchev–Trinajstić information content (AvgIpc) is 2.88. The van der Waals surface area contributed by atoms with Crippen LogP contribution in [-0.2, 0) is 16.2 Å². The summed E-state index contributed by atoms with van der Waals surface area (Å²) in [5.74, 6) is 0.351. The lowest BCUT2D eigenvalue weighted by Crippen LogP contribution is -2.49. The molecule has 0 unspecified atom stereocenters. The van der Waals surface area contributed by atoms with E-state index in [1.807, 2.05) is 24.3 Å². The number of carbonyl (C=O) groups excluding carboxylic acids is 1. The van der Waals surface area contributed by atoms with Gasteiger partial charge in [-0.3, -0.25) is 9.52 Å². The van der Waals surface area contributed by atoms with Gasteiger partial charge in [0.2, 0.25) is 0 Å². The van der Waals surface area contributed by atoms with Crippen LogP contribution in [-0.4, -0.2) is 52.5 Å². The molecule has 12 heteroatoms. The Morgan fingerprint density at radius 2 is 1.57 bits per heavy atom. The molecule has 0 aliphatic carbocycles. The quantitative estimate of drug-likeness (QED) is 0.468. The largest absolute Gasteiger partial charge is 0.495 e. The lowest BCUT2D eigenvalue weighted by atomic mass is 10.1. The maximum atomic E-state index is 13.3. The first-order valence-corrected chi connectivity index (χ1v) is 12.5. The fourth-order valence-electron chi connectivity index (χ4n) is 4.01. The molecule has 7 nitrogen and oxygen atoms in total. The van der Waals surface area contributed by atoms with Crippen LogP contribution in [0.25, 0.3) is 0 Å². The Morgan fingerprint density at radius 1 is 0.919 bits per heavy atom. The number of ether oxygens (including phenoxy) is 1. The lowest BCUT2D eigenvalue weighted by molar-refractivity contribution is -0.137. The molecule has 198 valence electrons. The Bertz CT molecular complexity index is 1360. The second kappa shape index (κ2) is 11.3. The van der Waals surface area contributed by atoms with Crippen LogP contribution in [0.3, 0.4) is 0 Å². The van der Waals surface area contributed by atoms with Crippen LogP contribution in [0, 0.1) is 0 Å². The molecule has 0 radical (unpaired) electrons. The molecule has 0 bridgehead atoms. The minimum absolute atomic E-state index is 0. The summed E-state index contributed by atoms with van der Waals surface area (Å²) in [4.78, 5) is 16.5. The van der Waals surface area contributed by atoms with E-state index in [1.54, 1.807) is 24.1 Å². The predicted molar refractivity (Wildman–Crippen MR) is 137 cm³/mol. The van der Waals surface area contributed by atoms with Gasteiger partial charge in [-0.15, -0.1) is 12.4 Å². The maximum Gasteiger partial charge on any atom is 0.416 e. The molecular weight excluding hydrogens is 531 g/mol.